The van der Waals surface area contributed by atoms with Crippen molar-refractivity contribution in [1.29, 1.82) is 0 Å². The number of rotatable bonds is 5. The number of aromatic nitrogens is 3. The number of fused-ring (bicyclic) bond motifs is 5. The highest BCUT2D eigenvalue weighted by atomic mass is 35.5. The normalized spacial score (nSPS) is 23.5. The molecule has 4 fully saturated rings. The Morgan fingerprint density at radius 1 is 1.02 bits per heavy atom. The van der Waals surface area contributed by atoms with Crippen LogP contribution in [-0.4, -0.2) is 70.3 Å². The van der Waals surface area contributed by atoms with Gasteiger partial charge in [-0.25, -0.2) is 9.37 Å². The van der Waals surface area contributed by atoms with Gasteiger partial charge in [-0.05, 0) is 69.8 Å². The minimum absolute atomic E-state index is 0.0326. The molecule has 41 heavy (non-hydrogen) atoms. The quantitative estimate of drug-likeness (QED) is 0.338. The van der Waals surface area contributed by atoms with Crippen LogP contribution in [0.5, 0.6) is 6.01 Å². The van der Waals surface area contributed by atoms with Gasteiger partial charge < -0.3 is 20.7 Å². The number of nitrogen functional groups attached to an aromatic ring is 1. The number of pyridine rings is 1. The van der Waals surface area contributed by atoms with Gasteiger partial charge in [0.15, 0.2) is 5.82 Å². The van der Waals surface area contributed by atoms with Gasteiger partial charge in [-0.15, -0.1) is 0 Å². The number of ether oxygens (including phenoxy) is 1. The number of nitrogens with zero attached hydrogens (tertiary/aromatic N) is 5. The van der Waals surface area contributed by atoms with E-state index < -0.39 is 5.82 Å². The molecule has 0 amide bonds. The Kier molecular flexibility index (Phi) is 5.98. The minimum Gasteiger partial charge on any atom is -0.461 e. The van der Waals surface area contributed by atoms with E-state index in [1.165, 1.54) is 12.8 Å². The van der Waals surface area contributed by atoms with Crippen molar-refractivity contribution in [2.75, 3.05) is 43.4 Å². The highest BCUT2D eigenvalue weighted by Gasteiger charge is 2.45. The summed E-state index contributed by atoms with van der Waals surface area (Å²) in [7, 11) is 0. The van der Waals surface area contributed by atoms with Gasteiger partial charge in [0.25, 0.3) is 0 Å². The molecule has 2 atom stereocenters. The molecule has 4 aromatic rings. The fraction of sp³-hybridized carbons (Fsp3) is 0.452. The zero-order chi connectivity index (χ0) is 27.7. The van der Waals surface area contributed by atoms with Gasteiger partial charge in [-0.3, -0.25) is 4.90 Å². The molecule has 212 valence electrons. The number of benzene rings is 2. The fourth-order valence-corrected chi connectivity index (χ4v) is 8.00. The molecule has 0 radical (unpaired) electrons. The van der Waals surface area contributed by atoms with Crippen LogP contribution in [0.3, 0.4) is 0 Å². The van der Waals surface area contributed by atoms with Crippen LogP contribution in [-0.2, 0) is 0 Å². The fourth-order valence-electron chi connectivity index (χ4n) is 7.71. The molecule has 2 aromatic heterocycles. The van der Waals surface area contributed by atoms with Crippen molar-refractivity contribution in [1.82, 2.24) is 25.2 Å². The Bertz CT molecular complexity index is 1660. The molecule has 6 heterocycles. The number of para-hydroxylation sites is 1. The summed E-state index contributed by atoms with van der Waals surface area (Å²) >= 11 is 6.89. The Labute approximate surface area is 243 Å². The van der Waals surface area contributed by atoms with Crippen LogP contribution in [0.4, 0.5) is 16.0 Å². The lowest BCUT2D eigenvalue weighted by atomic mass is 9.95. The summed E-state index contributed by atoms with van der Waals surface area (Å²) < 4.78 is 23.1. The van der Waals surface area contributed by atoms with Crippen LogP contribution in [0, 0.1) is 5.82 Å². The van der Waals surface area contributed by atoms with Crippen molar-refractivity contribution in [3.8, 4) is 17.1 Å². The maximum atomic E-state index is 16.8. The summed E-state index contributed by atoms with van der Waals surface area (Å²) in [6.07, 6.45) is 6.83. The standard InChI is InChI=1S/C31H33ClFN7O/c32-23-14-22-28(26(33)25(23)21-5-1-4-18-6-9-24(34)36-27(18)21)37-30(41-17-31-10-2-12-40(31)13-3-11-31)38-29(22)39-15-19-7-8-20(16-39)35-19/h1,4-6,9,14,19-20,35H,2-3,7-8,10-13,15-17H2,(H2,34,36). The molecule has 4 aliphatic heterocycles. The largest absolute Gasteiger partial charge is 0.461 e. The smallest absolute Gasteiger partial charge is 0.319 e. The topological polar surface area (TPSA) is 92.4 Å². The van der Waals surface area contributed by atoms with E-state index in [0.29, 0.717) is 46.8 Å². The van der Waals surface area contributed by atoms with E-state index in [9.17, 15) is 0 Å². The van der Waals surface area contributed by atoms with E-state index in [2.05, 4.69) is 20.1 Å². The van der Waals surface area contributed by atoms with Crippen LogP contribution >= 0.6 is 11.6 Å². The highest BCUT2D eigenvalue weighted by molar-refractivity contribution is 6.35. The molecule has 0 aliphatic carbocycles. The minimum atomic E-state index is -0.502. The number of nitrogens with two attached hydrogens (primary N) is 1. The molecule has 8 rings (SSSR count). The van der Waals surface area contributed by atoms with Crippen molar-refractivity contribution in [3.05, 3.63) is 47.2 Å². The average Bonchev–Trinajstić information content (AvgIpc) is 3.65. The van der Waals surface area contributed by atoms with Gasteiger partial charge in [0.1, 0.15) is 23.8 Å². The van der Waals surface area contributed by atoms with Crippen molar-refractivity contribution < 1.29 is 9.13 Å². The Hall–Kier alpha value is -3.27. The predicted octanol–water partition coefficient (Wildman–Crippen LogP) is 5.17. The number of anilines is 2. The van der Waals surface area contributed by atoms with E-state index in [-0.39, 0.29) is 27.7 Å². The third kappa shape index (κ3) is 4.20. The molecule has 2 bridgehead atoms. The second-order valence-corrected chi connectivity index (χ2v) is 12.5. The SMILES string of the molecule is Nc1ccc2cccc(-c3c(Cl)cc4c(N5CC6CCC(C5)N6)nc(OCC56CCCN5CCC6)nc4c3F)c2n1. The maximum Gasteiger partial charge on any atom is 0.319 e. The molecular weight excluding hydrogens is 541 g/mol. The summed E-state index contributed by atoms with van der Waals surface area (Å²) in [5.74, 6) is 0.545. The first-order chi connectivity index (χ1) is 20.0. The average molecular weight is 574 g/mol. The van der Waals surface area contributed by atoms with Gasteiger partial charge in [0.2, 0.25) is 0 Å². The second-order valence-electron chi connectivity index (χ2n) is 12.1. The second kappa shape index (κ2) is 9.64. The van der Waals surface area contributed by atoms with E-state index in [4.69, 9.17) is 32.0 Å². The van der Waals surface area contributed by atoms with E-state index in [1.807, 2.05) is 24.3 Å². The van der Waals surface area contributed by atoms with Gasteiger partial charge in [-0.2, -0.15) is 9.97 Å². The predicted molar refractivity (Wildman–Crippen MR) is 160 cm³/mol. The maximum absolute atomic E-state index is 16.8. The summed E-state index contributed by atoms with van der Waals surface area (Å²) in [5.41, 5.74) is 7.70. The van der Waals surface area contributed by atoms with Crippen molar-refractivity contribution in [2.24, 2.45) is 0 Å². The van der Waals surface area contributed by atoms with Crippen LogP contribution in [0.25, 0.3) is 32.9 Å². The number of hydrogen-bond donors (Lipinski definition) is 2. The van der Waals surface area contributed by atoms with Gasteiger partial charge >= 0.3 is 6.01 Å². The first kappa shape index (κ1) is 25.4. The lowest BCUT2D eigenvalue weighted by Crippen LogP contribution is -2.51. The van der Waals surface area contributed by atoms with Crippen LogP contribution in [0.15, 0.2) is 36.4 Å². The number of hydrogen-bond acceptors (Lipinski definition) is 8. The van der Waals surface area contributed by atoms with E-state index in [0.717, 1.165) is 57.2 Å². The molecule has 2 aromatic carbocycles. The molecule has 4 aliphatic rings. The molecule has 0 saturated carbocycles. The lowest BCUT2D eigenvalue weighted by molar-refractivity contribution is 0.108. The molecule has 3 N–H and O–H groups in total. The molecule has 0 spiro atoms. The number of nitrogens with one attached hydrogen (secondary N) is 1. The Balaban J connectivity index is 1.27. The number of piperazine rings is 1. The van der Waals surface area contributed by atoms with Crippen LogP contribution in [0.1, 0.15) is 38.5 Å². The Morgan fingerprint density at radius 2 is 1.80 bits per heavy atom. The van der Waals surface area contributed by atoms with E-state index in [1.54, 1.807) is 12.1 Å². The zero-order valence-corrected chi connectivity index (χ0v) is 23.6. The zero-order valence-electron chi connectivity index (χ0n) is 22.9. The summed E-state index contributed by atoms with van der Waals surface area (Å²) in [6, 6.07) is 12.1. The summed E-state index contributed by atoms with van der Waals surface area (Å²) in [4.78, 5) is 19.0. The molecular formula is C31H33ClFN7O. The first-order valence-corrected chi connectivity index (χ1v) is 15.1. The highest BCUT2D eigenvalue weighted by Crippen LogP contribution is 2.42. The molecule has 4 saturated heterocycles. The number of halogens is 2. The third-order valence-corrected chi connectivity index (χ3v) is 9.95. The summed E-state index contributed by atoms with van der Waals surface area (Å²) in [6.45, 7) is 4.33. The Morgan fingerprint density at radius 3 is 2.59 bits per heavy atom. The first-order valence-electron chi connectivity index (χ1n) is 14.7. The van der Waals surface area contributed by atoms with Crippen molar-refractivity contribution >= 4 is 45.0 Å². The van der Waals surface area contributed by atoms with Crippen LogP contribution < -0.4 is 20.7 Å². The van der Waals surface area contributed by atoms with Crippen molar-refractivity contribution in [3.63, 3.8) is 0 Å². The van der Waals surface area contributed by atoms with Gasteiger partial charge in [-0.1, -0.05) is 29.8 Å². The third-order valence-electron chi connectivity index (χ3n) is 9.65. The van der Waals surface area contributed by atoms with Gasteiger partial charge in [0, 0.05) is 47.1 Å². The molecule has 8 nitrogen and oxygen atoms in total. The monoisotopic (exact) mass is 573 g/mol. The van der Waals surface area contributed by atoms with Crippen LogP contribution in [0.2, 0.25) is 5.02 Å². The molecule has 10 heteroatoms. The summed E-state index contributed by atoms with van der Waals surface area (Å²) in [5, 5.41) is 5.41. The lowest BCUT2D eigenvalue weighted by Gasteiger charge is -2.35. The van der Waals surface area contributed by atoms with Crippen molar-refractivity contribution in [2.45, 2.75) is 56.1 Å². The van der Waals surface area contributed by atoms with Gasteiger partial charge in [0.05, 0.1) is 16.1 Å². The molecule has 2 unspecified atom stereocenters. The van der Waals surface area contributed by atoms with E-state index >= 15 is 4.39 Å².